The lowest BCUT2D eigenvalue weighted by Gasteiger charge is -2.31. The van der Waals surface area contributed by atoms with Crippen LogP contribution in [0.5, 0.6) is 0 Å². The van der Waals surface area contributed by atoms with Crippen LogP contribution in [0.4, 0.5) is 5.69 Å². The zero-order chi connectivity index (χ0) is 15.1. The average molecular weight is 287 g/mol. The molecule has 5 nitrogen and oxygen atoms in total. The number of benzene rings is 1. The van der Waals surface area contributed by atoms with Crippen molar-refractivity contribution in [2.75, 3.05) is 26.2 Å². The number of hydrogen-bond donors (Lipinski definition) is 1. The highest BCUT2D eigenvalue weighted by Crippen LogP contribution is 2.13. The molecule has 1 aromatic carbocycles. The maximum absolute atomic E-state index is 10.6. The van der Waals surface area contributed by atoms with Crippen molar-refractivity contribution in [2.45, 2.75) is 25.3 Å². The fourth-order valence-electron chi connectivity index (χ4n) is 2.63. The molecule has 1 heterocycles. The summed E-state index contributed by atoms with van der Waals surface area (Å²) in [7, 11) is 0. The highest BCUT2D eigenvalue weighted by atomic mass is 16.6. The fraction of sp³-hybridized carbons (Fsp3) is 0.500. The first-order chi connectivity index (χ1) is 10.2. The average Bonchev–Trinajstić information content (AvgIpc) is 2.50. The molecule has 1 fully saturated rings. The van der Waals surface area contributed by atoms with Crippen LogP contribution in [-0.2, 0) is 6.42 Å². The lowest BCUT2D eigenvalue weighted by Crippen LogP contribution is -2.43. The van der Waals surface area contributed by atoms with E-state index in [0.717, 1.165) is 51.0 Å². The molecule has 0 bridgehead atoms. The SMILES string of the molecule is C#CCN1CCC(NCCc2ccc([N+](=O)[O-])cc2)CC1. The summed E-state index contributed by atoms with van der Waals surface area (Å²) >= 11 is 0. The standard InChI is InChI=1S/C16H21N3O2/c1-2-11-18-12-8-15(9-13-18)17-10-7-14-3-5-16(6-4-14)19(20)21/h1,3-6,15,17H,7-13H2. The molecule has 0 aliphatic carbocycles. The Labute approximate surface area is 125 Å². The Hall–Kier alpha value is -1.90. The summed E-state index contributed by atoms with van der Waals surface area (Å²) in [6.07, 6.45) is 8.46. The molecule has 1 aliphatic heterocycles. The van der Waals surface area contributed by atoms with Crippen molar-refractivity contribution in [3.63, 3.8) is 0 Å². The monoisotopic (exact) mass is 287 g/mol. The van der Waals surface area contributed by atoms with Gasteiger partial charge in [0, 0.05) is 31.3 Å². The van der Waals surface area contributed by atoms with E-state index in [0.29, 0.717) is 6.04 Å². The van der Waals surface area contributed by atoms with Crippen molar-refractivity contribution in [3.05, 3.63) is 39.9 Å². The second-order valence-corrected chi connectivity index (χ2v) is 5.38. The van der Waals surface area contributed by atoms with Crippen LogP contribution in [0, 0.1) is 22.5 Å². The van der Waals surface area contributed by atoms with E-state index in [4.69, 9.17) is 6.42 Å². The lowest BCUT2D eigenvalue weighted by atomic mass is 10.0. The van der Waals surface area contributed by atoms with E-state index < -0.39 is 0 Å². The van der Waals surface area contributed by atoms with Gasteiger partial charge in [0.1, 0.15) is 0 Å². The Morgan fingerprint density at radius 3 is 2.57 bits per heavy atom. The third-order valence-corrected chi connectivity index (χ3v) is 3.90. The molecule has 1 aliphatic rings. The Bertz CT molecular complexity index is 499. The van der Waals surface area contributed by atoms with Crippen molar-refractivity contribution in [1.29, 1.82) is 0 Å². The van der Waals surface area contributed by atoms with E-state index >= 15 is 0 Å². The maximum atomic E-state index is 10.6. The summed E-state index contributed by atoms with van der Waals surface area (Å²) in [6.45, 7) is 3.76. The van der Waals surface area contributed by atoms with Gasteiger partial charge < -0.3 is 5.32 Å². The first kappa shape index (κ1) is 15.5. The minimum atomic E-state index is -0.369. The third-order valence-electron chi connectivity index (χ3n) is 3.90. The van der Waals surface area contributed by atoms with Gasteiger partial charge in [-0.25, -0.2) is 0 Å². The van der Waals surface area contributed by atoms with Crippen LogP contribution in [0.3, 0.4) is 0 Å². The van der Waals surface area contributed by atoms with E-state index in [9.17, 15) is 10.1 Å². The second kappa shape index (κ2) is 7.77. The summed E-state index contributed by atoms with van der Waals surface area (Å²) in [6, 6.07) is 7.34. The topological polar surface area (TPSA) is 58.4 Å². The number of piperidine rings is 1. The fourth-order valence-corrected chi connectivity index (χ4v) is 2.63. The highest BCUT2D eigenvalue weighted by molar-refractivity contribution is 5.32. The molecular formula is C16H21N3O2. The Kier molecular flexibility index (Phi) is 5.73. The minimum Gasteiger partial charge on any atom is -0.314 e. The van der Waals surface area contributed by atoms with Gasteiger partial charge in [-0.15, -0.1) is 6.42 Å². The molecule has 0 atom stereocenters. The first-order valence-electron chi connectivity index (χ1n) is 7.31. The maximum Gasteiger partial charge on any atom is 0.269 e. The van der Waals surface area contributed by atoms with Gasteiger partial charge in [-0.3, -0.25) is 15.0 Å². The van der Waals surface area contributed by atoms with Crippen LogP contribution in [0.2, 0.25) is 0 Å². The molecule has 5 heteroatoms. The van der Waals surface area contributed by atoms with Crippen LogP contribution < -0.4 is 5.32 Å². The van der Waals surface area contributed by atoms with E-state index in [1.807, 2.05) is 12.1 Å². The molecule has 0 amide bonds. The van der Waals surface area contributed by atoms with Crippen LogP contribution in [0.25, 0.3) is 0 Å². The van der Waals surface area contributed by atoms with Crippen LogP contribution in [0.1, 0.15) is 18.4 Å². The summed E-state index contributed by atoms with van der Waals surface area (Å²) in [5, 5.41) is 14.1. The number of terminal acetylenes is 1. The molecule has 112 valence electrons. The van der Waals surface area contributed by atoms with Crippen LogP contribution >= 0.6 is 0 Å². The quantitative estimate of drug-likeness (QED) is 0.492. The number of rotatable bonds is 6. The van der Waals surface area contributed by atoms with E-state index in [-0.39, 0.29) is 10.6 Å². The predicted octanol–water partition coefficient (Wildman–Crippen LogP) is 1.82. The molecule has 1 aromatic rings. The van der Waals surface area contributed by atoms with Gasteiger partial charge in [0.2, 0.25) is 0 Å². The molecule has 1 N–H and O–H groups in total. The summed E-state index contributed by atoms with van der Waals surface area (Å²) in [5.41, 5.74) is 1.27. The molecule has 0 spiro atoms. The number of nitro groups is 1. The van der Waals surface area contributed by atoms with E-state index in [1.165, 1.54) is 0 Å². The number of nitro benzene ring substituents is 1. The minimum absolute atomic E-state index is 0.146. The van der Waals surface area contributed by atoms with Crippen LogP contribution in [0.15, 0.2) is 24.3 Å². The third kappa shape index (κ3) is 4.85. The summed E-state index contributed by atoms with van der Waals surface area (Å²) in [5.74, 6) is 2.69. The molecule has 21 heavy (non-hydrogen) atoms. The van der Waals surface area contributed by atoms with Gasteiger partial charge in [0.05, 0.1) is 11.5 Å². The molecular weight excluding hydrogens is 266 g/mol. The van der Waals surface area contributed by atoms with E-state index in [2.05, 4.69) is 16.1 Å². The van der Waals surface area contributed by atoms with Crippen molar-refractivity contribution < 1.29 is 4.92 Å². The molecule has 0 unspecified atom stereocenters. The largest absolute Gasteiger partial charge is 0.314 e. The normalized spacial score (nSPS) is 16.5. The van der Waals surface area contributed by atoms with Crippen molar-refractivity contribution in [2.24, 2.45) is 0 Å². The molecule has 0 radical (unpaired) electrons. The zero-order valence-corrected chi connectivity index (χ0v) is 12.1. The Balaban J connectivity index is 1.68. The van der Waals surface area contributed by atoms with E-state index in [1.54, 1.807) is 12.1 Å². The molecule has 2 rings (SSSR count). The van der Waals surface area contributed by atoms with Crippen molar-refractivity contribution >= 4 is 5.69 Å². The molecule has 1 saturated heterocycles. The van der Waals surface area contributed by atoms with Gasteiger partial charge in [0.25, 0.3) is 5.69 Å². The van der Waals surface area contributed by atoms with Gasteiger partial charge in [-0.05, 0) is 31.4 Å². The smallest absolute Gasteiger partial charge is 0.269 e. The van der Waals surface area contributed by atoms with Gasteiger partial charge >= 0.3 is 0 Å². The van der Waals surface area contributed by atoms with Gasteiger partial charge in [-0.1, -0.05) is 18.1 Å². The second-order valence-electron chi connectivity index (χ2n) is 5.38. The lowest BCUT2D eigenvalue weighted by molar-refractivity contribution is -0.384. The zero-order valence-electron chi connectivity index (χ0n) is 12.1. The Morgan fingerprint density at radius 1 is 1.33 bits per heavy atom. The van der Waals surface area contributed by atoms with Crippen molar-refractivity contribution in [3.8, 4) is 12.3 Å². The molecule has 0 aromatic heterocycles. The highest BCUT2D eigenvalue weighted by Gasteiger charge is 2.17. The number of nitrogens with one attached hydrogen (secondary N) is 1. The predicted molar refractivity (Wildman–Crippen MR) is 83.1 cm³/mol. The number of hydrogen-bond acceptors (Lipinski definition) is 4. The number of likely N-dealkylation sites (tertiary alicyclic amines) is 1. The van der Waals surface area contributed by atoms with Crippen molar-refractivity contribution in [1.82, 2.24) is 10.2 Å². The van der Waals surface area contributed by atoms with Gasteiger partial charge in [0.15, 0.2) is 0 Å². The summed E-state index contributed by atoms with van der Waals surface area (Å²) in [4.78, 5) is 12.5. The van der Waals surface area contributed by atoms with Crippen LogP contribution in [-0.4, -0.2) is 42.0 Å². The van der Waals surface area contributed by atoms with Gasteiger partial charge in [-0.2, -0.15) is 0 Å². The number of non-ortho nitro benzene ring substituents is 1. The Morgan fingerprint density at radius 2 is 2.00 bits per heavy atom. The summed E-state index contributed by atoms with van der Waals surface area (Å²) < 4.78 is 0. The number of nitrogens with zero attached hydrogens (tertiary/aromatic N) is 2. The molecule has 0 saturated carbocycles. The first-order valence-corrected chi connectivity index (χ1v) is 7.31.